The molecule has 3 aromatic carbocycles. The number of esters is 3. The highest BCUT2D eigenvalue weighted by Gasteiger charge is 2.19. The van der Waals surface area contributed by atoms with E-state index in [1.807, 2.05) is 25.1 Å². The van der Waals surface area contributed by atoms with E-state index in [4.69, 9.17) is 14.2 Å². The SMILES string of the molecule is C=C(C)C(=O)Oc1ccc(-c2ccc(-c3ccc(OC(=O)C(=C)C)cc3SC(=O)C(=C)C)c(C)c2)c(OC(=O)C(=C)C)c1. The second kappa shape index (κ2) is 13.8. The van der Waals surface area contributed by atoms with Crippen molar-refractivity contribution in [3.63, 3.8) is 0 Å². The van der Waals surface area contributed by atoms with Crippen molar-refractivity contribution in [2.75, 3.05) is 0 Å². The number of thioether (sulfide) groups is 1. The first-order chi connectivity index (χ1) is 20.2. The van der Waals surface area contributed by atoms with Crippen molar-refractivity contribution in [3.8, 4) is 39.5 Å². The zero-order chi connectivity index (χ0) is 32.0. The smallest absolute Gasteiger partial charge is 0.338 e. The molecule has 43 heavy (non-hydrogen) atoms. The number of hydrogen-bond acceptors (Lipinski definition) is 8. The van der Waals surface area contributed by atoms with Gasteiger partial charge < -0.3 is 14.2 Å². The molecule has 0 heterocycles. The predicted octanol–water partition coefficient (Wildman–Crippen LogP) is 7.97. The van der Waals surface area contributed by atoms with E-state index in [9.17, 15) is 19.2 Å². The molecule has 3 rings (SSSR count). The first kappa shape index (κ1) is 32.6. The maximum atomic E-state index is 12.6. The third-order valence-corrected chi connectivity index (χ3v) is 7.05. The Kier molecular flexibility index (Phi) is 10.5. The molecule has 3 aromatic rings. The van der Waals surface area contributed by atoms with Gasteiger partial charge in [-0.1, -0.05) is 44.5 Å². The molecule has 0 aliphatic heterocycles. The van der Waals surface area contributed by atoms with E-state index >= 15 is 0 Å². The summed E-state index contributed by atoms with van der Waals surface area (Å²) in [6.07, 6.45) is 0. The van der Waals surface area contributed by atoms with E-state index in [0.29, 0.717) is 16.0 Å². The summed E-state index contributed by atoms with van der Waals surface area (Å²) in [7, 11) is 0. The minimum absolute atomic E-state index is 0.180. The van der Waals surface area contributed by atoms with E-state index in [1.54, 1.807) is 44.2 Å². The fraction of sp³-hybridized carbons (Fsp3) is 0.143. The predicted molar refractivity (Wildman–Crippen MR) is 169 cm³/mol. The number of aryl methyl sites for hydroxylation is 1. The molecule has 0 aliphatic rings. The molecule has 0 fully saturated rings. The van der Waals surface area contributed by atoms with E-state index in [1.165, 1.54) is 19.9 Å². The average molecular weight is 597 g/mol. The molecule has 0 N–H and O–H groups in total. The zero-order valence-corrected chi connectivity index (χ0v) is 25.6. The van der Waals surface area contributed by atoms with Crippen LogP contribution in [0.2, 0.25) is 0 Å². The van der Waals surface area contributed by atoms with Crippen molar-refractivity contribution in [2.24, 2.45) is 0 Å². The molecule has 0 aliphatic carbocycles. The van der Waals surface area contributed by atoms with Gasteiger partial charge in [-0.25, -0.2) is 14.4 Å². The van der Waals surface area contributed by atoms with Crippen molar-refractivity contribution in [1.82, 2.24) is 0 Å². The van der Waals surface area contributed by atoms with Crippen LogP contribution in [0.1, 0.15) is 33.3 Å². The lowest BCUT2D eigenvalue weighted by Crippen LogP contribution is -2.11. The number of ether oxygens (including phenoxy) is 3. The van der Waals surface area contributed by atoms with Crippen LogP contribution in [0.15, 0.2) is 108 Å². The van der Waals surface area contributed by atoms with Crippen LogP contribution in [0, 0.1) is 6.92 Å². The molecule has 7 nitrogen and oxygen atoms in total. The Morgan fingerprint density at radius 3 is 1.58 bits per heavy atom. The minimum Gasteiger partial charge on any atom is -0.423 e. The van der Waals surface area contributed by atoms with Crippen molar-refractivity contribution in [1.29, 1.82) is 0 Å². The maximum absolute atomic E-state index is 12.6. The summed E-state index contributed by atoms with van der Waals surface area (Å²) in [5, 5.41) is -0.227. The van der Waals surface area contributed by atoms with E-state index in [2.05, 4.69) is 26.3 Å². The Bertz CT molecular complexity index is 1710. The van der Waals surface area contributed by atoms with E-state index in [0.717, 1.165) is 34.0 Å². The summed E-state index contributed by atoms with van der Waals surface area (Å²) in [5.41, 5.74) is 4.77. The Labute approximate surface area is 255 Å². The molecule has 8 heteroatoms. The number of benzene rings is 3. The molecule has 0 saturated carbocycles. The van der Waals surface area contributed by atoms with Gasteiger partial charge in [0.2, 0.25) is 5.12 Å². The summed E-state index contributed by atoms with van der Waals surface area (Å²) in [6.45, 7) is 22.7. The molecule has 0 bridgehead atoms. The second-order valence-corrected chi connectivity index (χ2v) is 11.0. The molecule has 0 aromatic heterocycles. The fourth-order valence-electron chi connectivity index (χ4n) is 3.66. The second-order valence-electron chi connectivity index (χ2n) is 10.0. The molecule has 0 spiro atoms. The van der Waals surface area contributed by atoms with E-state index < -0.39 is 17.9 Å². The lowest BCUT2D eigenvalue weighted by Gasteiger charge is -2.16. The van der Waals surface area contributed by atoms with Gasteiger partial charge >= 0.3 is 17.9 Å². The number of hydrogen-bond donors (Lipinski definition) is 0. The molecule has 0 saturated heterocycles. The Morgan fingerprint density at radius 1 is 0.581 bits per heavy atom. The Balaban J connectivity index is 2.09. The molecule has 0 amide bonds. The molecule has 0 atom stereocenters. The summed E-state index contributed by atoms with van der Waals surface area (Å²) in [5.74, 6) is -1.16. The largest absolute Gasteiger partial charge is 0.423 e. The fourth-order valence-corrected chi connectivity index (χ4v) is 4.49. The third kappa shape index (κ3) is 8.30. The van der Waals surface area contributed by atoms with Gasteiger partial charge in [0.1, 0.15) is 17.2 Å². The third-order valence-electron chi connectivity index (χ3n) is 5.95. The van der Waals surface area contributed by atoms with Crippen LogP contribution in [-0.2, 0) is 19.2 Å². The van der Waals surface area contributed by atoms with Crippen molar-refractivity contribution >= 4 is 34.8 Å². The molecule has 220 valence electrons. The first-order valence-corrected chi connectivity index (χ1v) is 13.9. The van der Waals surface area contributed by atoms with Gasteiger partial charge in [-0.15, -0.1) is 0 Å². The van der Waals surface area contributed by atoms with Gasteiger partial charge in [0.25, 0.3) is 0 Å². The van der Waals surface area contributed by atoms with E-state index in [-0.39, 0.29) is 39.1 Å². The first-order valence-electron chi connectivity index (χ1n) is 13.1. The lowest BCUT2D eigenvalue weighted by atomic mass is 9.95. The summed E-state index contributed by atoms with van der Waals surface area (Å²) in [4.78, 5) is 49.8. The van der Waals surface area contributed by atoms with Gasteiger partial charge in [0.05, 0.1) is 0 Å². The average Bonchev–Trinajstić information content (AvgIpc) is 2.93. The minimum atomic E-state index is -0.630. The number of carbonyl (C=O) groups is 4. The van der Waals surface area contributed by atoms with Gasteiger partial charge in [-0.05, 0) is 105 Å². The van der Waals surface area contributed by atoms with Crippen LogP contribution in [0.3, 0.4) is 0 Å². The highest BCUT2D eigenvalue weighted by molar-refractivity contribution is 8.14. The quantitative estimate of drug-likeness (QED) is 0.101. The highest BCUT2D eigenvalue weighted by atomic mass is 32.2. The summed E-state index contributed by atoms with van der Waals surface area (Å²) < 4.78 is 16.3. The lowest BCUT2D eigenvalue weighted by molar-refractivity contribution is -0.131. The monoisotopic (exact) mass is 596 g/mol. The van der Waals surface area contributed by atoms with Crippen LogP contribution in [-0.4, -0.2) is 23.0 Å². The van der Waals surface area contributed by atoms with Gasteiger partial charge in [0, 0.05) is 33.2 Å². The number of carbonyl (C=O) groups excluding carboxylic acids is 4. The van der Waals surface area contributed by atoms with Gasteiger partial charge in [0.15, 0.2) is 0 Å². The van der Waals surface area contributed by atoms with Crippen molar-refractivity contribution < 1.29 is 33.4 Å². The van der Waals surface area contributed by atoms with Crippen molar-refractivity contribution in [2.45, 2.75) is 39.5 Å². The molecule has 0 unspecified atom stereocenters. The van der Waals surface area contributed by atoms with Crippen LogP contribution in [0.5, 0.6) is 17.2 Å². The van der Waals surface area contributed by atoms with Crippen LogP contribution >= 0.6 is 11.8 Å². The highest BCUT2D eigenvalue weighted by Crippen LogP contribution is 2.40. The molecular weight excluding hydrogens is 564 g/mol. The van der Waals surface area contributed by atoms with Crippen LogP contribution in [0.4, 0.5) is 0 Å². The van der Waals surface area contributed by atoms with Crippen LogP contribution in [0.25, 0.3) is 22.3 Å². The summed E-state index contributed by atoms with van der Waals surface area (Å²) in [6, 6.07) is 15.5. The molecule has 0 radical (unpaired) electrons. The number of rotatable bonds is 10. The normalized spacial score (nSPS) is 10.3. The molecular formula is C35H32O7S. The van der Waals surface area contributed by atoms with Gasteiger partial charge in [-0.3, -0.25) is 4.79 Å². The Hall–Kier alpha value is -4.95. The van der Waals surface area contributed by atoms with Crippen molar-refractivity contribution in [3.05, 3.63) is 109 Å². The maximum Gasteiger partial charge on any atom is 0.338 e. The van der Waals surface area contributed by atoms with Crippen LogP contribution < -0.4 is 14.2 Å². The topological polar surface area (TPSA) is 96.0 Å². The zero-order valence-electron chi connectivity index (χ0n) is 24.8. The van der Waals surface area contributed by atoms with Gasteiger partial charge in [-0.2, -0.15) is 0 Å². The summed E-state index contributed by atoms with van der Waals surface area (Å²) >= 11 is 0.987. The Morgan fingerprint density at radius 2 is 1.07 bits per heavy atom. The standard InChI is InChI=1S/C35H32O7S/c1-19(2)32(36)40-25-11-14-28(30(17-25)42-34(38)21(5)6)24-10-13-27(23(9)16-24)29-15-12-26(41-33(37)20(3)4)18-31(29)43-35(39)22(7)8/h10-18H,1,3,5,7H2,2,4,6,8-9H3.